The number of hydrogen-bond acceptors (Lipinski definition) is 2. The minimum atomic E-state index is 0.164. The van der Waals surface area contributed by atoms with Gasteiger partial charge in [-0.25, -0.2) is 0 Å². The molecule has 0 fully saturated rings. The Labute approximate surface area is 122 Å². The normalized spacial score (nSPS) is 12.7. The number of halogens is 2. The van der Waals surface area contributed by atoms with Gasteiger partial charge in [-0.15, -0.1) is 11.3 Å². The molecule has 1 aromatic heterocycles. The lowest BCUT2D eigenvalue weighted by atomic mass is 10.1. The minimum Gasteiger partial charge on any atom is -0.309 e. The fourth-order valence-electron chi connectivity index (χ4n) is 1.91. The van der Waals surface area contributed by atoms with E-state index >= 15 is 0 Å². The third-order valence-corrected chi connectivity index (χ3v) is 4.99. The van der Waals surface area contributed by atoms with Gasteiger partial charge in [-0.3, -0.25) is 0 Å². The first-order valence-electron chi connectivity index (χ1n) is 5.72. The Balaban J connectivity index is 2.41. The molecule has 1 nitrogen and oxygen atoms in total. The standard InChI is InChI=1S/C14H15Cl2NS/c1-8-6-13(18-9(8)2)14(17-3)10-4-5-11(15)12(16)7-10/h4-7,14,17H,1-3H3. The van der Waals surface area contributed by atoms with Crippen LogP contribution in [0.15, 0.2) is 24.3 Å². The monoisotopic (exact) mass is 299 g/mol. The van der Waals surface area contributed by atoms with Crippen LogP contribution in [0, 0.1) is 13.8 Å². The summed E-state index contributed by atoms with van der Waals surface area (Å²) in [5.74, 6) is 0. The van der Waals surface area contributed by atoms with Crippen LogP contribution in [0.2, 0.25) is 10.0 Å². The largest absolute Gasteiger partial charge is 0.309 e. The smallest absolute Gasteiger partial charge is 0.0669 e. The lowest BCUT2D eigenvalue weighted by molar-refractivity contribution is 0.703. The fraction of sp³-hybridized carbons (Fsp3) is 0.286. The Hall–Kier alpha value is -0.540. The zero-order valence-corrected chi connectivity index (χ0v) is 12.9. The molecule has 0 radical (unpaired) electrons. The van der Waals surface area contributed by atoms with E-state index < -0.39 is 0 Å². The lowest BCUT2D eigenvalue weighted by Crippen LogP contribution is -2.16. The van der Waals surface area contributed by atoms with Gasteiger partial charge in [-0.05, 0) is 50.2 Å². The maximum atomic E-state index is 6.08. The second kappa shape index (κ2) is 5.62. The van der Waals surface area contributed by atoms with Gasteiger partial charge in [0.1, 0.15) is 0 Å². The zero-order valence-electron chi connectivity index (χ0n) is 10.6. The van der Waals surface area contributed by atoms with Gasteiger partial charge >= 0.3 is 0 Å². The summed E-state index contributed by atoms with van der Waals surface area (Å²) in [5.41, 5.74) is 2.46. The van der Waals surface area contributed by atoms with Gasteiger partial charge in [0.15, 0.2) is 0 Å². The van der Waals surface area contributed by atoms with Crippen LogP contribution in [0.5, 0.6) is 0 Å². The molecule has 2 rings (SSSR count). The van der Waals surface area contributed by atoms with Gasteiger partial charge in [-0.1, -0.05) is 29.3 Å². The van der Waals surface area contributed by atoms with Crippen molar-refractivity contribution < 1.29 is 0 Å². The van der Waals surface area contributed by atoms with Gasteiger partial charge in [0, 0.05) is 9.75 Å². The Morgan fingerprint density at radius 2 is 1.83 bits per heavy atom. The van der Waals surface area contributed by atoms with E-state index in [9.17, 15) is 0 Å². The Morgan fingerprint density at radius 1 is 1.11 bits per heavy atom. The van der Waals surface area contributed by atoms with E-state index in [0.29, 0.717) is 10.0 Å². The highest BCUT2D eigenvalue weighted by Crippen LogP contribution is 2.33. The topological polar surface area (TPSA) is 12.0 Å². The molecule has 0 saturated heterocycles. The molecule has 0 aliphatic carbocycles. The van der Waals surface area contributed by atoms with E-state index in [1.54, 1.807) is 0 Å². The molecule has 1 unspecified atom stereocenters. The summed E-state index contributed by atoms with van der Waals surface area (Å²) >= 11 is 13.8. The second-order valence-electron chi connectivity index (χ2n) is 4.28. The van der Waals surface area contributed by atoms with E-state index in [2.05, 4.69) is 25.2 Å². The molecule has 0 amide bonds. The zero-order chi connectivity index (χ0) is 13.3. The molecule has 0 bridgehead atoms. The molecule has 0 spiro atoms. The van der Waals surface area contributed by atoms with Crippen LogP contribution in [0.25, 0.3) is 0 Å². The minimum absolute atomic E-state index is 0.164. The molecule has 1 N–H and O–H groups in total. The van der Waals surface area contributed by atoms with Gasteiger partial charge in [0.2, 0.25) is 0 Å². The van der Waals surface area contributed by atoms with Crippen molar-refractivity contribution in [2.24, 2.45) is 0 Å². The van der Waals surface area contributed by atoms with Crippen molar-refractivity contribution in [1.29, 1.82) is 0 Å². The number of thiophene rings is 1. The molecule has 4 heteroatoms. The number of aryl methyl sites for hydroxylation is 2. The van der Waals surface area contributed by atoms with Gasteiger partial charge in [0.25, 0.3) is 0 Å². The molecule has 0 aliphatic rings. The number of benzene rings is 1. The van der Waals surface area contributed by atoms with Crippen molar-refractivity contribution in [2.45, 2.75) is 19.9 Å². The highest BCUT2D eigenvalue weighted by atomic mass is 35.5. The van der Waals surface area contributed by atoms with E-state index in [1.165, 1.54) is 15.3 Å². The SMILES string of the molecule is CNC(c1ccc(Cl)c(Cl)c1)c1cc(C)c(C)s1. The summed E-state index contributed by atoms with van der Waals surface area (Å²) in [6.45, 7) is 4.28. The molecule has 1 aromatic carbocycles. The quantitative estimate of drug-likeness (QED) is 0.843. The van der Waals surface area contributed by atoms with Gasteiger partial charge in [0.05, 0.1) is 16.1 Å². The van der Waals surface area contributed by atoms with Crippen LogP contribution in [-0.4, -0.2) is 7.05 Å². The van der Waals surface area contributed by atoms with Crippen molar-refractivity contribution in [3.05, 3.63) is 55.2 Å². The summed E-state index contributed by atoms with van der Waals surface area (Å²) in [5, 5.41) is 4.52. The maximum absolute atomic E-state index is 6.08. The van der Waals surface area contributed by atoms with Gasteiger partial charge < -0.3 is 5.32 Å². The molecule has 0 aliphatic heterocycles. The third kappa shape index (κ3) is 2.72. The molecular formula is C14H15Cl2NS. The van der Waals surface area contributed by atoms with E-state index in [1.807, 2.05) is 36.6 Å². The van der Waals surface area contributed by atoms with Crippen molar-refractivity contribution in [3.8, 4) is 0 Å². The molecule has 0 saturated carbocycles. The molecule has 18 heavy (non-hydrogen) atoms. The van der Waals surface area contributed by atoms with Crippen LogP contribution < -0.4 is 5.32 Å². The summed E-state index contributed by atoms with van der Waals surface area (Å²) in [6.07, 6.45) is 0. The number of nitrogens with one attached hydrogen (secondary N) is 1. The number of hydrogen-bond donors (Lipinski definition) is 1. The predicted octanol–water partition coefficient (Wildman–Crippen LogP) is 4.98. The average molecular weight is 300 g/mol. The number of rotatable bonds is 3. The maximum Gasteiger partial charge on any atom is 0.0669 e. The molecular weight excluding hydrogens is 285 g/mol. The van der Waals surface area contributed by atoms with Crippen LogP contribution in [0.4, 0.5) is 0 Å². The fourth-order valence-corrected chi connectivity index (χ4v) is 3.40. The highest BCUT2D eigenvalue weighted by molar-refractivity contribution is 7.12. The van der Waals surface area contributed by atoms with Crippen molar-refractivity contribution >= 4 is 34.5 Å². The molecule has 2 aromatic rings. The molecule has 1 atom stereocenters. The van der Waals surface area contributed by atoms with Crippen molar-refractivity contribution in [1.82, 2.24) is 5.32 Å². The van der Waals surface area contributed by atoms with E-state index in [4.69, 9.17) is 23.2 Å². The Bertz CT molecular complexity index is 543. The molecule has 96 valence electrons. The van der Waals surface area contributed by atoms with Crippen LogP contribution >= 0.6 is 34.5 Å². The van der Waals surface area contributed by atoms with Crippen molar-refractivity contribution in [3.63, 3.8) is 0 Å². The summed E-state index contributed by atoms with van der Waals surface area (Å²) in [6, 6.07) is 8.17. The highest BCUT2D eigenvalue weighted by Gasteiger charge is 2.16. The summed E-state index contributed by atoms with van der Waals surface area (Å²) in [7, 11) is 1.96. The van der Waals surface area contributed by atoms with Crippen LogP contribution in [0.1, 0.15) is 26.9 Å². The predicted molar refractivity (Wildman–Crippen MR) is 81.2 cm³/mol. The first-order chi connectivity index (χ1) is 8.52. The summed E-state index contributed by atoms with van der Waals surface area (Å²) < 4.78 is 0. The third-order valence-electron chi connectivity index (χ3n) is 3.04. The van der Waals surface area contributed by atoms with Crippen LogP contribution in [-0.2, 0) is 0 Å². The average Bonchev–Trinajstić information content (AvgIpc) is 2.65. The van der Waals surface area contributed by atoms with E-state index in [-0.39, 0.29) is 6.04 Å². The Morgan fingerprint density at radius 3 is 2.33 bits per heavy atom. The lowest BCUT2D eigenvalue weighted by Gasteiger charge is -2.15. The van der Waals surface area contributed by atoms with E-state index in [0.717, 1.165) is 5.56 Å². The second-order valence-corrected chi connectivity index (χ2v) is 6.39. The summed E-state index contributed by atoms with van der Waals surface area (Å²) in [4.78, 5) is 2.65. The van der Waals surface area contributed by atoms with Crippen LogP contribution in [0.3, 0.4) is 0 Å². The van der Waals surface area contributed by atoms with Gasteiger partial charge in [-0.2, -0.15) is 0 Å². The first-order valence-corrected chi connectivity index (χ1v) is 7.29. The van der Waals surface area contributed by atoms with Crippen molar-refractivity contribution in [2.75, 3.05) is 7.05 Å². The molecule has 1 heterocycles. The Kier molecular flexibility index (Phi) is 4.33. The first kappa shape index (κ1) is 13.9.